The van der Waals surface area contributed by atoms with E-state index in [-0.39, 0.29) is 17.9 Å². The summed E-state index contributed by atoms with van der Waals surface area (Å²) in [5, 5.41) is 3.58. The predicted molar refractivity (Wildman–Crippen MR) is 96.0 cm³/mol. The summed E-state index contributed by atoms with van der Waals surface area (Å²) in [5.74, 6) is 0.345. The number of ether oxygens (including phenoxy) is 1. The number of nitrogens with one attached hydrogen (secondary N) is 1. The number of alkyl halides is 3. The molecule has 28 heavy (non-hydrogen) atoms. The SMILES string of the molecule is O=C(N/N=C\c1ccccc1C(F)(F)F)c1ccc(COc2ccccc2)o1. The molecule has 8 heteroatoms. The van der Waals surface area contributed by atoms with Gasteiger partial charge >= 0.3 is 12.1 Å². The highest BCUT2D eigenvalue weighted by Gasteiger charge is 2.32. The maximum atomic E-state index is 12.9. The van der Waals surface area contributed by atoms with Gasteiger partial charge in [-0.25, -0.2) is 5.43 Å². The van der Waals surface area contributed by atoms with E-state index in [2.05, 4.69) is 10.5 Å². The zero-order valence-corrected chi connectivity index (χ0v) is 14.4. The first-order valence-electron chi connectivity index (χ1n) is 8.19. The molecule has 3 rings (SSSR count). The average Bonchev–Trinajstić information content (AvgIpc) is 3.16. The van der Waals surface area contributed by atoms with Crippen molar-refractivity contribution in [2.24, 2.45) is 5.10 Å². The number of para-hydroxylation sites is 1. The fourth-order valence-corrected chi connectivity index (χ4v) is 2.33. The molecule has 0 spiro atoms. The molecule has 0 bridgehead atoms. The topological polar surface area (TPSA) is 63.8 Å². The minimum Gasteiger partial charge on any atom is -0.486 e. The second-order valence-electron chi connectivity index (χ2n) is 5.65. The van der Waals surface area contributed by atoms with E-state index >= 15 is 0 Å². The molecular formula is C20H15F3N2O3. The lowest BCUT2D eigenvalue weighted by Gasteiger charge is -2.09. The summed E-state index contributed by atoms with van der Waals surface area (Å²) in [6, 6.07) is 17.0. The number of hydrazone groups is 1. The lowest BCUT2D eigenvalue weighted by atomic mass is 10.1. The molecule has 0 aliphatic carbocycles. The smallest absolute Gasteiger partial charge is 0.417 e. The molecule has 3 aromatic rings. The molecule has 144 valence electrons. The van der Waals surface area contributed by atoms with Crippen molar-refractivity contribution in [1.29, 1.82) is 0 Å². The predicted octanol–water partition coefficient (Wildman–Crippen LogP) is 4.64. The van der Waals surface area contributed by atoms with Crippen molar-refractivity contribution in [3.05, 3.63) is 89.4 Å². The summed E-state index contributed by atoms with van der Waals surface area (Å²) < 4.78 is 49.6. The minimum absolute atomic E-state index is 0.0343. The molecule has 1 aromatic heterocycles. The third-order valence-corrected chi connectivity index (χ3v) is 3.65. The molecule has 0 saturated heterocycles. The molecule has 0 fully saturated rings. The maximum Gasteiger partial charge on any atom is 0.417 e. The van der Waals surface area contributed by atoms with E-state index in [0.29, 0.717) is 11.5 Å². The van der Waals surface area contributed by atoms with Crippen LogP contribution in [0.5, 0.6) is 5.75 Å². The van der Waals surface area contributed by atoms with Crippen LogP contribution < -0.4 is 10.2 Å². The Morgan fingerprint density at radius 1 is 1.04 bits per heavy atom. The largest absolute Gasteiger partial charge is 0.486 e. The Balaban J connectivity index is 1.59. The molecule has 0 aliphatic heterocycles. The molecule has 0 radical (unpaired) electrons. The van der Waals surface area contributed by atoms with Crippen molar-refractivity contribution in [1.82, 2.24) is 5.43 Å². The highest BCUT2D eigenvalue weighted by atomic mass is 19.4. The maximum absolute atomic E-state index is 12.9. The highest BCUT2D eigenvalue weighted by Crippen LogP contribution is 2.31. The van der Waals surface area contributed by atoms with Crippen molar-refractivity contribution >= 4 is 12.1 Å². The van der Waals surface area contributed by atoms with Gasteiger partial charge in [0.25, 0.3) is 0 Å². The van der Waals surface area contributed by atoms with Crippen molar-refractivity contribution < 1.29 is 27.1 Å². The Bertz CT molecular complexity index is 966. The van der Waals surface area contributed by atoms with E-state index in [4.69, 9.17) is 9.15 Å². The van der Waals surface area contributed by atoms with E-state index in [9.17, 15) is 18.0 Å². The van der Waals surface area contributed by atoms with Gasteiger partial charge in [-0.1, -0.05) is 36.4 Å². The molecule has 0 aliphatic rings. The van der Waals surface area contributed by atoms with Crippen LogP contribution in [-0.2, 0) is 12.8 Å². The highest BCUT2D eigenvalue weighted by molar-refractivity contribution is 5.92. The van der Waals surface area contributed by atoms with Gasteiger partial charge in [-0.2, -0.15) is 18.3 Å². The lowest BCUT2D eigenvalue weighted by Crippen LogP contribution is -2.17. The third-order valence-electron chi connectivity index (χ3n) is 3.65. The van der Waals surface area contributed by atoms with Gasteiger partial charge in [-0.15, -0.1) is 0 Å². The van der Waals surface area contributed by atoms with Crippen LogP contribution in [0.2, 0.25) is 0 Å². The number of amides is 1. The molecule has 0 atom stereocenters. The summed E-state index contributed by atoms with van der Waals surface area (Å²) >= 11 is 0. The zero-order chi connectivity index (χ0) is 20.0. The van der Waals surface area contributed by atoms with E-state index in [1.807, 2.05) is 18.2 Å². The molecule has 0 saturated carbocycles. The molecular weight excluding hydrogens is 373 g/mol. The number of halogens is 3. The monoisotopic (exact) mass is 388 g/mol. The summed E-state index contributed by atoms with van der Waals surface area (Å²) in [4.78, 5) is 12.0. The van der Waals surface area contributed by atoms with Gasteiger partial charge in [0.1, 0.15) is 18.1 Å². The van der Waals surface area contributed by atoms with Crippen LogP contribution in [0.15, 0.2) is 76.2 Å². The first-order valence-corrected chi connectivity index (χ1v) is 8.19. The van der Waals surface area contributed by atoms with Gasteiger partial charge < -0.3 is 9.15 Å². The Hall–Kier alpha value is -3.55. The Kier molecular flexibility index (Phi) is 5.78. The number of nitrogens with zero attached hydrogens (tertiary/aromatic N) is 1. The fraction of sp³-hybridized carbons (Fsp3) is 0.100. The summed E-state index contributed by atoms with van der Waals surface area (Å²) in [7, 11) is 0. The van der Waals surface area contributed by atoms with Gasteiger partial charge in [-0.05, 0) is 30.3 Å². The zero-order valence-electron chi connectivity index (χ0n) is 14.4. The number of carbonyl (C=O) groups excluding carboxylic acids is 1. The average molecular weight is 388 g/mol. The van der Waals surface area contributed by atoms with E-state index < -0.39 is 17.6 Å². The molecule has 1 N–H and O–H groups in total. The van der Waals surface area contributed by atoms with Gasteiger partial charge in [-0.3, -0.25) is 4.79 Å². The number of benzene rings is 2. The van der Waals surface area contributed by atoms with Crippen LogP contribution in [-0.4, -0.2) is 12.1 Å². The van der Waals surface area contributed by atoms with Gasteiger partial charge in [0.15, 0.2) is 5.76 Å². The first-order chi connectivity index (χ1) is 13.4. The summed E-state index contributed by atoms with van der Waals surface area (Å²) in [6.45, 7) is 0.125. The van der Waals surface area contributed by atoms with Crippen LogP contribution in [0.4, 0.5) is 13.2 Å². The number of hydrogen-bond donors (Lipinski definition) is 1. The molecule has 1 amide bonds. The van der Waals surface area contributed by atoms with E-state index in [0.717, 1.165) is 12.3 Å². The Labute approximate surface area is 158 Å². The Morgan fingerprint density at radius 2 is 1.75 bits per heavy atom. The van der Waals surface area contributed by atoms with Crippen LogP contribution in [0.3, 0.4) is 0 Å². The van der Waals surface area contributed by atoms with Gasteiger partial charge in [0, 0.05) is 5.56 Å². The number of hydrogen-bond acceptors (Lipinski definition) is 4. The number of carbonyl (C=O) groups is 1. The summed E-state index contributed by atoms with van der Waals surface area (Å²) in [5.41, 5.74) is 1.14. The van der Waals surface area contributed by atoms with Crippen LogP contribution in [0, 0.1) is 0 Å². The molecule has 2 aromatic carbocycles. The van der Waals surface area contributed by atoms with Crippen molar-refractivity contribution in [2.45, 2.75) is 12.8 Å². The summed E-state index contributed by atoms with van der Waals surface area (Å²) in [6.07, 6.45) is -3.58. The standard InChI is InChI=1S/C20H15F3N2O3/c21-20(22,23)17-9-5-4-6-14(17)12-24-25-19(26)18-11-10-16(28-18)13-27-15-7-2-1-3-8-15/h1-12H,13H2,(H,25,26)/b24-12-. The van der Waals surface area contributed by atoms with Gasteiger partial charge in [0.2, 0.25) is 0 Å². The normalized spacial score (nSPS) is 11.5. The van der Waals surface area contributed by atoms with E-state index in [1.54, 1.807) is 18.2 Å². The Morgan fingerprint density at radius 3 is 2.50 bits per heavy atom. The van der Waals surface area contributed by atoms with Gasteiger partial charge in [0.05, 0.1) is 11.8 Å². The number of furan rings is 1. The quantitative estimate of drug-likeness (QED) is 0.494. The van der Waals surface area contributed by atoms with Crippen molar-refractivity contribution in [2.75, 3.05) is 0 Å². The first kappa shape index (κ1) is 19.2. The molecule has 1 heterocycles. The van der Waals surface area contributed by atoms with Crippen LogP contribution in [0.1, 0.15) is 27.4 Å². The van der Waals surface area contributed by atoms with E-state index in [1.165, 1.54) is 24.3 Å². The van der Waals surface area contributed by atoms with Crippen molar-refractivity contribution in [3.63, 3.8) is 0 Å². The van der Waals surface area contributed by atoms with Crippen LogP contribution in [0.25, 0.3) is 0 Å². The minimum atomic E-state index is -4.51. The second kappa shape index (κ2) is 8.43. The fourth-order valence-electron chi connectivity index (χ4n) is 2.33. The number of rotatable bonds is 6. The van der Waals surface area contributed by atoms with Crippen molar-refractivity contribution in [3.8, 4) is 5.75 Å². The van der Waals surface area contributed by atoms with Crippen LogP contribution >= 0.6 is 0 Å². The second-order valence-corrected chi connectivity index (χ2v) is 5.65. The molecule has 5 nitrogen and oxygen atoms in total. The lowest BCUT2D eigenvalue weighted by molar-refractivity contribution is -0.137. The third kappa shape index (κ3) is 5.00. The molecule has 0 unspecified atom stereocenters.